The van der Waals surface area contributed by atoms with Crippen LogP contribution in [0.15, 0.2) is 24.3 Å². The second kappa shape index (κ2) is 4.37. The van der Waals surface area contributed by atoms with Crippen LogP contribution >= 0.6 is 12.6 Å². The summed E-state index contributed by atoms with van der Waals surface area (Å²) < 4.78 is 0. The Bertz CT molecular complexity index is 311. The van der Waals surface area contributed by atoms with E-state index in [1.54, 1.807) is 0 Å². The summed E-state index contributed by atoms with van der Waals surface area (Å²) in [4.78, 5) is 0. The third kappa shape index (κ3) is 1.96. The summed E-state index contributed by atoms with van der Waals surface area (Å²) >= 11 is 4.36. The number of fused-ring (bicyclic) bond motifs is 1. The SMILES string of the molecule is CC(CS)C1Cc2ccccc2CN1. The molecule has 0 spiro atoms. The highest BCUT2D eigenvalue weighted by atomic mass is 32.1. The van der Waals surface area contributed by atoms with Crippen LogP contribution in [0.25, 0.3) is 0 Å². The van der Waals surface area contributed by atoms with E-state index in [2.05, 4.69) is 49.1 Å². The molecule has 1 aromatic rings. The highest BCUT2D eigenvalue weighted by Gasteiger charge is 2.21. The van der Waals surface area contributed by atoms with E-state index in [1.165, 1.54) is 11.1 Å². The molecule has 0 aliphatic carbocycles. The fourth-order valence-electron chi connectivity index (χ4n) is 2.01. The predicted molar refractivity (Wildman–Crippen MR) is 63.8 cm³/mol. The normalized spacial score (nSPS) is 22.9. The van der Waals surface area contributed by atoms with Gasteiger partial charge < -0.3 is 5.32 Å². The van der Waals surface area contributed by atoms with Crippen LogP contribution in [0.5, 0.6) is 0 Å². The topological polar surface area (TPSA) is 12.0 Å². The lowest BCUT2D eigenvalue weighted by Gasteiger charge is -2.30. The van der Waals surface area contributed by atoms with Gasteiger partial charge in [-0.15, -0.1) is 0 Å². The summed E-state index contributed by atoms with van der Waals surface area (Å²) in [5.41, 5.74) is 2.96. The lowest BCUT2D eigenvalue weighted by molar-refractivity contribution is 0.382. The summed E-state index contributed by atoms with van der Waals surface area (Å²) in [5.74, 6) is 1.60. The molecule has 1 N–H and O–H groups in total. The first kappa shape index (κ1) is 10.1. The summed E-state index contributed by atoms with van der Waals surface area (Å²) in [5, 5.41) is 3.58. The smallest absolute Gasteiger partial charge is 0.0211 e. The fraction of sp³-hybridized carbons (Fsp3) is 0.500. The van der Waals surface area contributed by atoms with E-state index in [-0.39, 0.29) is 0 Å². The van der Waals surface area contributed by atoms with Gasteiger partial charge in [-0.25, -0.2) is 0 Å². The lowest BCUT2D eigenvalue weighted by atomic mass is 9.90. The molecular formula is C12H17NS. The van der Waals surface area contributed by atoms with Crippen LogP contribution < -0.4 is 5.32 Å². The Morgan fingerprint density at radius 2 is 2.14 bits per heavy atom. The second-order valence-corrected chi connectivity index (χ2v) is 4.49. The highest BCUT2D eigenvalue weighted by molar-refractivity contribution is 7.80. The average Bonchev–Trinajstić information content (AvgIpc) is 2.27. The summed E-state index contributed by atoms with van der Waals surface area (Å²) in [6, 6.07) is 9.30. The van der Waals surface area contributed by atoms with E-state index in [0.717, 1.165) is 18.7 Å². The van der Waals surface area contributed by atoms with Crippen molar-refractivity contribution in [3.8, 4) is 0 Å². The van der Waals surface area contributed by atoms with Crippen molar-refractivity contribution >= 4 is 12.6 Å². The molecule has 2 atom stereocenters. The van der Waals surface area contributed by atoms with Crippen molar-refractivity contribution in [2.45, 2.75) is 25.9 Å². The van der Waals surface area contributed by atoms with E-state index in [0.29, 0.717) is 12.0 Å². The molecule has 0 saturated carbocycles. The summed E-state index contributed by atoms with van der Waals surface area (Å²) in [7, 11) is 0. The zero-order valence-corrected chi connectivity index (χ0v) is 9.43. The second-order valence-electron chi connectivity index (χ2n) is 4.12. The number of hydrogen-bond donors (Lipinski definition) is 2. The summed E-state index contributed by atoms with van der Waals surface area (Å²) in [6.45, 7) is 3.28. The first-order chi connectivity index (χ1) is 6.81. The Balaban J connectivity index is 2.13. The van der Waals surface area contributed by atoms with Gasteiger partial charge in [-0.1, -0.05) is 31.2 Å². The van der Waals surface area contributed by atoms with E-state index in [9.17, 15) is 0 Å². The Labute approximate surface area is 91.3 Å². The first-order valence-corrected chi connectivity index (χ1v) is 5.85. The van der Waals surface area contributed by atoms with E-state index in [1.807, 2.05) is 0 Å². The molecule has 1 nitrogen and oxygen atoms in total. The monoisotopic (exact) mass is 207 g/mol. The number of rotatable bonds is 2. The molecule has 2 heteroatoms. The Hall–Kier alpha value is -0.470. The van der Waals surface area contributed by atoms with Crippen molar-refractivity contribution in [3.63, 3.8) is 0 Å². The Morgan fingerprint density at radius 3 is 2.86 bits per heavy atom. The Kier molecular flexibility index (Phi) is 3.14. The van der Waals surface area contributed by atoms with Crippen LogP contribution in [-0.2, 0) is 13.0 Å². The van der Waals surface area contributed by atoms with Crippen molar-refractivity contribution in [1.82, 2.24) is 5.32 Å². The molecule has 1 aliphatic heterocycles. The maximum atomic E-state index is 4.36. The van der Waals surface area contributed by atoms with Gasteiger partial charge in [-0.05, 0) is 29.2 Å². The molecular weight excluding hydrogens is 190 g/mol. The van der Waals surface area contributed by atoms with E-state index >= 15 is 0 Å². The molecule has 2 unspecified atom stereocenters. The van der Waals surface area contributed by atoms with Crippen molar-refractivity contribution in [2.24, 2.45) is 5.92 Å². The van der Waals surface area contributed by atoms with Gasteiger partial charge in [-0.3, -0.25) is 0 Å². The maximum Gasteiger partial charge on any atom is 0.0211 e. The Morgan fingerprint density at radius 1 is 1.43 bits per heavy atom. The third-order valence-corrected chi connectivity index (χ3v) is 3.66. The standard InChI is InChI=1S/C12H17NS/c1-9(8-14)12-6-10-4-2-3-5-11(10)7-13-12/h2-5,9,12-14H,6-8H2,1H3. The van der Waals surface area contributed by atoms with Gasteiger partial charge in [0.05, 0.1) is 0 Å². The molecule has 14 heavy (non-hydrogen) atoms. The largest absolute Gasteiger partial charge is 0.309 e. The van der Waals surface area contributed by atoms with Crippen molar-refractivity contribution < 1.29 is 0 Å². The van der Waals surface area contributed by atoms with Crippen LogP contribution in [-0.4, -0.2) is 11.8 Å². The minimum Gasteiger partial charge on any atom is -0.309 e. The van der Waals surface area contributed by atoms with E-state index in [4.69, 9.17) is 0 Å². The third-order valence-electron chi connectivity index (χ3n) is 3.09. The molecule has 0 saturated heterocycles. The van der Waals surface area contributed by atoms with Crippen molar-refractivity contribution in [3.05, 3.63) is 35.4 Å². The van der Waals surface area contributed by atoms with Gasteiger partial charge >= 0.3 is 0 Å². The molecule has 0 radical (unpaired) electrons. The van der Waals surface area contributed by atoms with Crippen LogP contribution in [0.4, 0.5) is 0 Å². The van der Waals surface area contributed by atoms with Crippen LogP contribution in [0.1, 0.15) is 18.1 Å². The fourth-order valence-corrected chi connectivity index (χ4v) is 2.26. The van der Waals surface area contributed by atoms with Gasteiger partial charge in [0.25, 0.3) is 0 Å². The van der Waals surface area contributed by atoms with Gasteiger partial charge in [0.1, 0.15) is 0 Å². The first-order valence-electron chi connectivity index (χ1n) is 5.22. The van der Waals surface area contributed by atoms with E-state index < -0.39 is 0 Å². The number of thiol groups is 1. The van der Waals surface area contributed by atoms with Gasteiger partial charge in [0.2, 0.25) is 0 Å². The predicted octanol–water partition coefficient (Wildman–Crippen LogP) is 2.27. The van der Waals surface area contributed by atoms with Gasteiger partial charge in [-0.2, -0.15) is 12.6 Å². The molecule has 76 valence electrons. The molecule has 0 aromatic heterocycles. The zero-order chi connectivity index (χ0) is 9.97. The van der Waals surface area contributed by atoms with Crippen LogP contribution in [0.2, 0.25) is 0 Å². The lowest BCUT2D eigenvalue weighted by Crippen LogP contribution is -2.40. The molecule has 0 amide bonds. The number of benzene rings is 1. The zero-order valence-electron chi connectivity index (χ0n) is 8.53. The molecule has 0 bridgehead atoms. The molecule has 2 rings (SSSR count). The molecule has 1 heterocycles. The van der Waals surface area contributed by atoms with Crippen molar-refractivity contribution in [2.75, 3.05) is 5.75 Å². The molecule has 0 fully saturated rings. The maximum absolute atomic E-state index is 4.36. The summed E-state index contributed by atoms with van der Waals surface area (Å²) in [6.07, 6.45) is 1.15. The van der Waals surface area contributed by atoms with Crippen molar-refractivity contribution in [1.29, 1.82) is 0 Å². The van der Waals surface area contributed by atoms with Gasteiger partial charge in [0, 0.05) is 12.6 Å². The van der Waals surface area contributed by atoms with Crippen LogP contribution in [0, 0.1) is 5.92 Å². The molecule has 1 aromatic carbocycles. The minimum atomic E-state index is 0.599. The number of hydrogen-bond acceptors (Lipinski definition) is 2. The van der Waals surface area contributed by atoms with Crippen LogP contribution in [0.3, 0.4) is 0 Å². The highest BCUT2D eigenvalue weighted by Crippen LogP contribution is 2.20. The average molecular weight is 207 g/mol. The van der Waals surface area contributed by atoms with Gasteiger partial charge in [0.15, 0.2) is 0 Å². The number of nitrogens with one attached hydrogen (secondary N) is 1. The molecule has 1 aliphatic rings. The quantitative estimate of drug-likeness (QED) is 0.709. The minimum absolute atomic E-state index is 0.599.